The van der Waals surface area contributed by atoms with E-state index in [0.717, 1.165) is 32.0 Å². The van der Waals surface area contributed by atoms with Gasteiger partial charge in [-0.05, 0) is 57.5 Å². The predicted molar refractivity (Wildman–Crippen MR) is 77.8 cm³/mol. The first-order chi connectivity index (χ1) is 9.06. The number of carbonyl (C=O) groups is 1. The Hall–Kier alpha value is -0.610. The number of carbonyl (C=O) groups excluding carboxylic acids is 1. The second-order valence-corrected chi connectivity index (χ2v) is 6.56. The summed E-state index contributed by atoms with van der Waals surface area (Å²) in [5, 5.41) is 0. The molecule has 2 aliphatic heterocycles. The van der Waals surface area contributed by atoms with Gasteiger partial charge in [-0.1, -0.05) is 6.92 Å². The number of hydrogen-bond acceptors (Lipinski definition) is 3. The number of likely N-dealkylation sites (tertiary alicyclic amines) is 2. The topological polar surface area (TPSA) is 49.6 Å². The highest BCUT2D eigenvalue weighted by Gasteiger charge is 2.27. The first kappa shape index (κ1) is 14.8. The average molecular weight is 267 g/mol. The van der Waals surface area contributed by atoms with Crippen LogP contribution in [0.1, 0.15) is 39.5 Å². The van der Waals surface area contributed by atoms with Crippen molar-refractivity contribution in [1.29, 1.82) is 0 Å². The summed E-state index contributed by atoms with van der Waals surface area (Å²) in [5.41, 5.74) is 5.71. The van der Waals surface area contributed by atoms with Crippen LogP contribution in [0.5, 0.6) is 0 Å². The number of rotatable bonds is 3. The van der Waals surface area contributed by atoms with Gasteiger partial charge in [0, 0.05) is 19.6 Å². The van der Waals surface area contributed by atoms with E-state index in [4.69, 9.17) is 5.73 Å². The monoisotopic (exact) mass is 267 g/mol. The summed E-state index contributed by atoms with van der Waals surface area (Å²) in [5.74, 6) is 1.65. The van der Waals surface area contributed by atoms with Gasteiger partial charge in [0.15, 0.2) is 0 Å². The van der Waals surface area contributed by atoms with E-state index in [1.807, 2.05) is 4.90 Å². The summed E-state index contributed by atoms with van der Waals surface area (Å²) < 4.78 is 0. The fraction of sp³-hybridized carbons (Fsp3) is 0.933. The highest BCUT2D eigenvalue weighted by atomic mass is 16.2. The number of amides is 1. The second kappa shape index (κ2) is 6.71. The SMILES string of the molecule is CC1CCN(CC2CCCN(C(=O)C(C)N)C2)CC1. The van der Waals surface area contributed by atoms with Crippen LogP contribution in [-0.4, -0.2) is 54.5 Å². The third kappa shape index (κ3) is 4.18. The molecule has 19 heavy (non-hydrogen) atoms. The Morgan fingerprint density at radius 3 is 2.58 bits per heavy atom. The van der Waals surface area contributed by atoms with Crippen LogP contribution in [0.15, 0.2) is 0 Å². The van der Waals surface area contributed by atoms with Crippen LogP contribution in [0.4, 0.5) is 0 Å². The molecule has 0 spiro atoms. The van der Waals surface area contributed by atoms with Gasteiger partial charge in [0.1, 0.15) is 0 Å². The lowest BCUT2D eigenvalue weighted by molar-refractivity contribution is -0.134. The third-order valence-corrected chi connectivity index (χ3v) is 4.61. The largest absolute Gasteiger partial charge is 0.341 e. The Morgan fingerprint density at radius 1 is 1.26 bits per heavy atom. The molecule has 0 aromatic rings. The van der Waals surface area contributed by atoms with E-state index in [1.165, 1.54) is 32.4 Å². The molecule has 0 bridgehead atoms. The van der Waals surface area contributed by atoms with E-state index in [-0.39, 0.29) is 11.9 Å². The summed E-state index contributed by atoms with van der Waals surface area (Å²) in [6.07, 6.45) is 5.05. The van der Waals surface area contributed by atoms with Gasteiger partial charge < -0.3 is 15.5 Å². The van der Waals surface area contributed by atoms with Gasteiger partial charge >= 0.3 is 0 Å². The van der Waals surface area contributed by atoms with Crippen molar-refractivity contribution < 1.29 is 4.79 Å². The van der Waals surface area contributed by atoms with Gasteiger partial charge in [-0.2, -0.15) is 0 Å². The maximum atomic E-state index is 12.0. The zero-order chi connectivity index (χ0) is 13.8. The Labute approximate surface area is 117 Å². The first-order valence-corrected chi connectivity index (χ1v) is 7.83. The zero-order valence-electron chi connectivity index (χ0n) is 12.5. The smallest absolute Gasteiger partial charge is 0.239 e. The number of piperidine rings is 2. The first-order valence-electron chi connectivity index (χ1n) is 7.83. The van der Waals surface area contributed by atoms with E-state index < -0.39 is 0 Å². The molecule has 110 valence electrons. The molecule has 1 amide bonds. The third-order valence-electron chi connectivity index (χ3n) is 4.61. The molecule has 0 aromatic heterocycles. The minimum atomic E-state index is -0.352. The van der Waals surface area contributed by atoms with Gasteiger partial charge in [0.25, 0.3) is 0 Å². The molecule has 2 saturated heterocycles. The van der Waals surface area contributed by atoms with Crippen LogP contribution >= 0.6 is 0 Å². The van der Waals surface area contributed by atoms with E-state index in [2.05, 4.69) is 11.8 Å². The fourth-order valence-electron chi connectivity index (χ4n) is 3.31. The van der Waals surface area contributed by atoms with Crippen molar-refractivity contribution in [1.82, 2.24) is 9.80 Å². The standard InChI is InChI=1S/C15H29N3O/c1-12-5-8-17(9-6-12)10-14-4-3-7-18(11-14)15(19)13(2)16/h12-14H,3-11,16H2,1-2H3. The molecule has 2 heterocycles. The summed E-state index contributed by atoms with van der Waals surface area (Å²) in [4.78, 5) is 16.5. The Morgan fingerprint density at radius 2 is 1.95 bits per heavy atom. The summed E-state index contributed by atoms with van der Waals surface area (Å²) in [7, 11) is 0. The molecule has 0 radical (unpaired) electrons. The van der Waals surface area contributed by atoms with Crippen molar-refractivity contribution in [2.75, 3.05) is 32.7 Å². The quantitative estimate of drug-likeness (QED) is 0.838. The van der Waals surface area contributed by atoms with E-state index in [0.29, 0.717) is 5.92 Å². The van der Waals surface area contributed by atoms with Crippen molar-refractivity contribution in [2.24, 2.45) is 17.6 Å². The van der Waals surface area contributed by atoms with Crippen molar-refractivity contribution in [3.63, 3.8) is 0 Å². The zero-order valence-corrected chi connectivity index (χ0v) is 12.5. The predicted octanol–water partition coefficient (Wildman–Crippen LogP) is 1.30. The molecule has 2 aliphatic rings. The van der Waals surface area contributed by atoms with Crippen molar-refractivity contribution in [2.45, 2.75) is 45.6 Å². The van der Waals surface area contributed by atoms with Crippen molar-refractivity contribution in [3.05, 3.63) is 0 Å². The molecular weight excluding hydrogens is 238 g/mol. The normalized spacial score (nSPS) is 28.4. The maximum absolute atomic E-state index is 12.0. The van der Waals surface area contributed by atoms with Crippen LogP contribution in [0.3, 0.4) is 0 Å². The van der Waals surface area contributed by atoms with E-state index in [1.54, 1.807) is 6.92 Å². The van der Waals surface area contributed by atoms with Gasteiger partial charge in [0.05, 0.1) is 6.04 Å². The summed E-state index contributed by atoms with van der Waals surface area (Å²) in [6.45, 7) is 9.58. The molecule has 2 fully saturated rings. The molecule has 2 unspecified atom stereocenters. The van der Waals surface area contributed by atoms with E-state index in [9.17, 15) is 4.79 Å². The lowest BCUT2D eigenvalue weighted by atomic mass is 9.94. The Bertz CT molecular complexity index is 298. The summed E-state index contributed by atoms with van der Waals surface area (Å²) >= 11 is 0. The molecule has 2 atom stereocenters. The molecular formula is C15H29N3O. The van der Waals surface area contributed by atoms with Crippen LogP contribution in [0, 0.1) is 11.8 Å². The lowest BCUT2D eigenvalue weighted by Gasteiger charge is -2.38. The Kier molecular flexibility index (Phi) is 5.22. The van der Waals surface area contributed by atoms with Crippen molar-refractivity contribution in [3.8, 4) is 0 Å². The molecule has 4 nitrogen and oxygen atoms in total. The molecule has 2 N–H and O–H groups in total. The maximum Gasteiger partial charge on any atom is 0.239 e. The van der Waals surface area contributed by atoms with Gasteiger partial charge in [-0.25, -0.2) is 0 Å². The van der Waals surface area contributed by atoms with Crippen LogP contribution in [0.25, 0.3) is 0 Å². The number of hydrogen-bond donors (Lipinski definition) is 1. The van der Waals surface area contributed by atoms with Gasteiger partial charge in [0.2, 0.25) is 5.91 Å². The molecule has 0 aromatic carbocycles. The summed E-state index contributed by atoms with van der Waals surface area (Å²) in [6, 6.07) is -0.352. The lowest BCUT2D eigenvalue weighted by Crippen LogP contribution is -2.49. The molecule has 0 saturated carbocycles. The fourth-order valence-corrected chi connectivity index (χ4v) is 3.31. The Balaban J connectivity index is 1.79. The van der Waals surface area contributed by atoms with Crippen LogP contribution in [0.2, 0.25) is 0 Å². The van der Waals surface area contributed by atoms with E-state index >= 15 is 0 Å². The number of nitrogens with zero attached hydrogens (tertiary/aromatic N) is 2. The number of nitrogens with two attached hydrogens (primary N) is 1. The van der Waals surface area contributed by atoms with Crippen molar-refractivity contribution >= 4 is 5.91 Å². The average Bonchev–Trinajstić information content (AvgIpc) is 2.41. The highest BCUT2D eigenvalue weighted by Crippen LogP contribution is 2.22. The van der Waals surface area contributed by atoms with Crippen LogP contribution in [-0.2, 0) is 4.79 Å². The minimum absolute atomic E-state index is 0.122. The molecule has 2 rings (SSSR count). The second-order valence-electron chi connectivity index (χ2n) is 6.56. The molecule has 0 aliphatic carbocycles. The highest BCUT2D eigenvalue weighted by molar-refractivity contribution is 5.81. The van der Waals surface area contributed by atoms with Gasteiger partial charge in [-0.15, -0.1) is 0 Å². The van der Waals surface area contributed by atoms with Crippen LogP contribution < -0.4 is 5.73 Å². The van der Waals surface area contributed by atoms with Gasteiger partial charge in [-0.3, -0.25) is 4.79 Å². The minimum Gasteiger partial charge on any atom is -0.341 e. The molecule has 4 heteroatoms.